The van der Waals surface area contributed by atoms with Crippen molar-refractivity contribution in [2.45, 2.75) is 26.4 Å². The largest absolute Gasteiger partial charge is 0.494 e. The Balaban J connectivity index is 1.86. The summed E-state index contributed by atoms with van der Waals surface area (Å²) < 4.78 is 6.45. The van der Waals surface area contributed by atoms with Gasteiger partial charge in [-0.15, -0.1) is 0 Å². The molecule has 1 unspecified atom stereocenters. The Labute approximate surface area is 145 Å². The molecule has 23 heavy (non-hydrogen) atoms. The molecule has 0 saturated carbocycles. The normalized spacial score (nSPS) is 11.6. The van der Waals surface area contributed by atoms with Gasteiger partial charge in [0.25, 0.3) is 0 Å². The lowest BCUT2D eigenvalue weighted by molar-refractivity contribution is 0.237. The Morgan fingerprint density at radius 1 is 1.22 bits per heavy atom. The standard InChI is InChI=1S/C18H21BrN2O2/c1-3-23-17-9-4-6-14(10-17)12-20-18(22)21-13(2)15-7-5-8-16(19)11-15/h4-11,13H,3,12H2,1-2H3,(H2,20,21,22). The van der Waals surface area contributed by atoms with Crippen LogP contribution in [0.4, 0.5) is 4.79 Å². The van der Waals surface area contributed by atoms with E-state index in [0.717, 1.165) is 21.3 Å². The number of nitrogens with one attached hydrogen (secondary N) is 2. The Kier molecular flexibility index (Phi) is 6.47. The number of amides is 2. The van der Waals surface area contributed by atoms with Crippen molar-refractivity contribution in [3.05, 3.63) is 64.1 Å². The van der Waals surface area contributed by atoms with Crippen LogP contribution in [0.1, 0.15) is 31.0 Å². The Bertz CT molecular complexity index is 661. The number of urea groups is 1. The van der Waals surface area contributed by atoms with E-state index >= 15 is 0 Å². The van der Waals surface area contributed by atoms with Crippen molar-refractivity contribution in [1.82, 2.24) is 10.6 Å². The number of carbonyl (C=O) groups excluding carboxylic acids is 1. The van der Waals surface area contributed by atoms with Crippen LogP contribution < -0.4 is 15.4 Å². The van der Waals surface area contributed by atoms with Gasteiger partial charge in [-0.2, -0.15) is 0 Å². The lowest BCUT2D eigenvalue weighted by Crippen LogP contribution is -2.36. The quantitative estimate of drug-likeness (QED) is 0.784. The average Bonchev–Trinajstić information content (AvgIpc) is 2.54. The van der Waals surface area contributed by atoms with Crippen molar-refractivity contribution >= 4 is 22.0 Å². The fraction of sp³-hybridized carbons (Fsp3) is 0.278. The van der Waals surface area contributed by atoms with E-state index in [0.29, 0.717) is 13.2 Å². The van der Waals surface area contributed by atoms with Crippen molar-refractivity contribution in [2.24, 2.45) is 0 Å². The number of hydrogen-bond donors (Lipinski definition) is 2. The maximum atomic E-state index is 12.0. The summed E-state index contributed by atoms with van der Waals surface area (Å²) in [7, 11) is 0. The highest BCUT2D eigenvalue weighted by Gasteiger charge is 2.09. The Hall–Kier alpha value is -2.01. The number of rotatable bonds is 6. The number of halogens is 1. The third kappa shape index (κ3) is 5.60. The zero-order valence-electron chi connectivity index (χ0n) is 13.3. The van der Waals surface area contributed by atoms with Crippen LogP contribution in [0.15, 0.2) is 53.0 Å². The summed E-state index contributed by atoms with van der Waals surface area (Å²) in [5, 5.41) is 5.80. The van der Waals surface area contributed by atoms with Crippen LogP contribution in [-0.4, -0.2) is 12.6 Å². The zero-order valence-corrected chi connectivity index (χ0v) is 14.9. The van der Waals surface area contributed by atoms with E-state index in [1.54, 1.807) is 0 Å². The highest BCUT2D eigenvalue weighted by atomic mass is 79.9. The molecule has 0 aromatic heterocycles. The first-order chi connectivity index (χ1) is 11.1. The van der Waals surface area contributed by atoms with Gasteiger partial charge in [0, 0.05) is 11.0 Å². The number of benzene rings is 2. The molecule has 1 atom stereocenters. The maximum Gasteiger partial charge on any atom is 0.315 e. The molecule has 0 bridgehead atoms. The fourth-order valence-corrected chi connectivity index (χ4v) is 2.62. The van der Waals surface area contributed by atoms with Gasteiger partial charge in [-0.3, -0.25) is 0 Å². The minimum absolute atomic E-state index is 0.0674. The summed E-state index contributed by atoms with van der Waals surface area (Å²) in [4.78, 5) is 12.0. The lowest BCUT2D eigenvalue weighted by atomic mass is 10.1. The molecule has 0 aliphatic heterocycles. The molecule has 2 aromatic rings. The van der Waals surface area contributed by atoms with Crippen LogP contribution in [0, 0.1) is 0 Å². The topological polar surface area (TPSA) is 50.4 Å². The van der Waals surface area contributed by atoms with Crippen LogP contribution in [0.5, 0.6) is 5.75 Å². The third-order valence-electron chi connectivity index (χ3n) is 3.36. The SMILES string of the molecule is CCOc1cccc(CNC(=O)NC(C)c2cccc(Br)c2)c1. The molecule has 0 fully saturated rings. The van der Waals surface area contributed by atoms with Crippen molar-refractivity contribution in [3.63, 3.8) is 0 Å². The minimum atomic E-state index is -0.195. The summed E-state index contributed by atoms with van der Waals surface area (Å²) in [6, 6.07) is 15.4. The van der Waals surface area contributed by atoms with Gasteiger partial charge >= 0.3 is 6.03 Å². The van der Waals surface area contributed by atoms with Crippen molar-refractivity contribution in [1.29, 1.82) is 0 Å². The van der Waals surface area contributed by atoms with Crippen LogP contribution in [-0.2, 0) is 6.54 Å². The molecule has 2 rings (SSSR count). The van der Waals surface area contributed by atoms with E-state index in [2.05, 4.69) is 26.6 Å². The molecule has 2 amide bonds. The molecule has 0 saturated heterocycles. The molecule has 4 nitrogen and oxygen atoms in total. The molecule has 0 heterocycles. The summed E-state index contributed by atoms with van der Waals surface area (Å²) in [5.74, 6) is 0.815. The predicted molar refractivity (Wildman–Crippen MR) is 95.5 cm³/mol. The number of ether oxygens (including phenoxy) is 1. The van der Waals surface area contributed by atoms with Gasteiger partial charge in [-0.1, -0.05) is 40.2 Å². The molecule has 2 N–H and O–H groups in total. The highest BCUT2D eigenvalue weighted by molar-refractivity contribution is 9.10. The summed E-state index contributed by atoms with van der Waals surface area (Å²) in [6.07, 6.45) is 0. The minimum Gasteiger partial charge on any atom is -0.494 e. The smallest absolute Gasteiger partial charge is 0.315 e. The maximum absolute atomic E-state index is 12.0. The van der Waals surface area contributed by atoms with Crippen molar-refractivity contribution < 1.29 is 9.53 Å². The van der Waals surface area contributed by atoms with Crippen LogP contribution >= 0.6 is 15.9 Å². The Morgan fingerprint density at radius 2 is 2.00 bits per heavy atom. The van der Waals surface area contributed by atoms with E-state index in [4.69, 9.17) is 4.74 Å². The first kappa shape index (κ1) is 17.3. The van der Waals surface area contributed by atoms with Gasteiger partial charge < -0.3 is 15.4 Å². The zero-order chi connectivity index (χ0) is 16.7. The molecule has 5 heteroatoms. The van der Waals surface area contributed by atoms with Crippen LogP contribution in [0.25, 0.3) is 0 Å². The van der Waals surface area contributed by atoms with Gasteiger partial charge in [0.15, 0.2) is 0 Å². The summed E-state index contributed by atoms with van der Waals surface area (Å²) in [6.45, 7) is 4.98. The average molecular weight is 377 g/mol. The number of hydrogen-bond acceptors (Lipinski definition) is 2. The molecular formula is C18H21BrN2O2. The molecular weight excluding hydrogens is 356 g/mol. The monoisotopic (exact) mass is 376 g/mol. The summed E-state index contributed by atoms with van der Waals surface area (Å²) >= 11 is 3.44. The Morgan fingerprint density at radius 3 is 2.74 bits per heavy atom. The first-order valence-corrected chi connectivity index (χ1v) is 8.39. The molecule has 2 aromatic carbocycles. The lowest BCUT2D eigenvalue weighted by Gasteiger charge is -2.15. The molecule has 122 valence electrons. The molecule has 0 spiro atoms. The predicted octanol–water partition coefficient (Wildman–Crippen LogP) is 4.41. The van der Waals surface area contributed by atoms with Gasteiger partial charge in [0.05, 0.1) is 12.6 Å². The second-order valence-corrected chi connectivity index (χ2v) is 6.10. The van der Waals surface area contributed by atoms with Crippen molar-refractivity contribution in [2.75, 3.05) is 6.61 Å². The van der Waals surface area contributed by atoms with Crippen LogP contribution in [0.2, 0.25) is 0 Å². The number of carbonyl (C=O) groups is 1. The second kappa shape index (κ2) is 8.58. The van der Waals surface area contributed by atoms with Gasteiger partial charge in [0.2, 0.25) is 0 Å². The molecule has 0 radical (unpaired) electrons. The fourth-order valence-electron chi connectivity index (χ4n) is 2.20. The molecule has 0 aliphatic rings. The highest BCUT2D eigenvalue weighted by Crippen LogP contribution is 2.17. The van der Waals surface area contributed by atoms with Gasteiger partial charge in [-0.05, 0) is 49.2 Å². The van der Waals surface area contributed by atoms with E-state index in [-0.39, 0.29) is 12.1 Å². The van der Waals surface area contributed by atoms with Crippen molar-refractivity contribution in [3.8, 4) is 5.75 Å². The molecule has 0 aliphatic carbocycles. The van der Waals surface area contributed by atoms with E-state index in [1.165, 1.54) is 0 Å². The van der Waals surface area contributed by atoms with E-state index in [1.807, 2.05) is 62.4 Å². The van der Waals surface area contributed by atoms with E-state index < -0.39 is 0 Å². The van der Waals surface area contributed by atoms with Gasteiger partial charge in [0.1, 0.15) is 5.75 Å². The van der Waals surface area contributed by atoms with Gasteiger partial charge in [-0.25, -0.2) is 4.79 Å². The first-order valence-electron chi connectivity index (χ1n) is 7.60. The van der Waals surface area contributed by atoms with E-state index in [9.17, 15) is 4.79 Å². The summed E-state index contributed by atoms with van der Waals surface area (Å²) in [5.41, 5.74) is 2.05. The van der Waals surface area contributed by atoms with Crippen LogP contribution in [0.3, 0.4) is 0 Å². The third-order valence-corrected chi connectivity index (χ3v) is 3.85. The second-order valence-electron chi connectivity index (χ2n) is 5.18.